The number of benzene rings is 1. The van der Waals surface area contributed by atoms with Crippen LogP contribution < -0.4 is 0 Å². The number of carboxylic acid groups (broad SMARTS) is 1. The van der Waals surface area contributed by atoms with Gasteiger partial charge in [0.25, 0.3) is 0 Å². The van der Waals surface area contributed by atoms with Gasteiger partial charge in [-0.25, -0.2) is 0 Å². The zero-order valence-corrected chi connectivity index (χ0v) is 10.0. The number of carboxylic acids is 1. The summed E-state index contributed by atoms with van der Waals surface area (Å²) in [6, 6.07) is 5.90. The summed E-state index contributed by atoms with van der Waals surface area (Å²) in [5, 5.41) is 13.3. The van der Waals surface area contributed by atoms with Crippen LogP contribution in [0.4, 0.5) is 0 Å². The van der Waals surface area contributed by atoms with Crippen LogP contribution in [-0.2, 0) is 16.8 Å². The molecule has 1 heterocycles. The minimum Gasteiger partial charge on any atom is -0.481 e. The number of aliphatic carboxylic acids is 1. The van der Waals surface area contributed by atoms with Crippen molar-refractivity contribution in [2.24, 2.45) is 9.63 Å². The Morgan fingerprint density at radius 2 is 2.24 bits per heavy atom. The summed E-state index contributed by atoms with van der Waals surface area (Å²) in [7, 11) is 0. The summed E-state index contributed by atoms with van der Waals surface area (Å²) in [6.45, 7) is 0.600. The first-order chi connectivity index (χ1) is 8.22. The van der Waals surface area contributed by atoms with E-state index in [1.54, 1.807) is 0 Å². The first-order valence-electron chi connectivity index (χ1n) is 5.63. The molecule has 0 radical (unpaired) electrons. The molecule has 3 rings (SSSR count). The molecule has 1 saturated carbocycles. The SMILES string of the molecule is O=C(O)C1(c2ccc3c(c2)SN=NC3)CCC1. The maximum Gasteiger partial charge on any atom is 0.314 e. The molecule has 1 aromatic rings. The van der Waals surface area contributed by atoms with E-state index in [-0.39, 0.29) is 0 Å². The molecule has 2 aliphatic rings. The molecule has 0 amide bonds. The Bertz CT molecular complexity index is 509. The zero-order chi connectivity index (χ0) is 11.9. The summed E-state index contributed by atoms with van der Waals surface area (Å²) in [6.07, 6.45) is 2.48. The molecule has 88 valence electrons. The van der Waals surface area contributed by atoms with Gasteiger partial charge < -0.3 is 5.11 Å². The highest BCUT2D eigenvalue weighted by Crippen LogP contribution is 2.45. The van der Waals surface area contributed by atoms with Gasteiger partial charge in [0.15, 0.2) is 0 Å². The number of nitrogens with zero attached hydrogens (tertiary/aromatic N) is 2. The van der Waals surface area contributed by atoms with Crippen LogP contribution in [0, 0.1) is 0 Å². The molecular weight excluding hydrogens is 236 g/mol. The Hall–Kier alpha value is -1.36. The van der Waals surface area contributed by atoms with Gasteiger partial charge in [-0.05, 0) is 30.0 Å². The fourth-order valence-electron chi connectivity index (χ4n) is 2.40. The maximum absolute atomic E-state index is 11.4. The van der Waals surface area contributed by atoms with Crippen molar-refractivity contribution in [2.45, 2.75) is 36.1 Å². The summed E-state index contributed by atoms with van der Waals surface area (Å²) in [4.78, 5) is 12.5. The second-order valence-electron chi connectivity index (χ2n) is 4.54. The molecule has 17 heavy (non-hydrogen) atoms. The fourth-order valence-corrected chi connectivity index (χ4v) is 3.04. The topological polar surface area (TPSA) is 62.0 Å². The molecule has 0 unspecified atom stereocenters. The van der Waals surface area contributed by atoms with Crippen LogP contribution in [0.25, 0.3) is 0 Å². The average molecular weight is 248 g/mol. The summed E-state index contributed by atoms with van der Waals surface area (Å²) < 4.78 is 3.92. The third kappa shape index (κ3) is 1.57. The van der Waals surface area contributed by atoms with Crippen LogP contribution in [-0.4, -0.2) is 11.1 Å². The predicted molar refractivity (Wildman–Crippen MR) is 64.0 cm³/mol. The van der Waals surface area contributed by atoms with Gasteiger partial charge in [0, 0.05) is 16.8 Å². The Kier molecular flexibility index (Phi) is 2.43. The molecule has 0 atom stereocenters. The Balaban J connectivity index is 2.02. The van der Waals surface area contributed by atoms with Crippen LogP contribution in [0.3, 0.4) is 0 Å². The molecule has 0 saturated heterocycles. The van der Waals surface area contributed by atoms with E-state index in [4.69, 9.17) is 0 Å². The van der Waals surface area contributed by atoms with Gasteiger partial charge in [0.2, 0.25) is 0 Å². The van der Waals surface area contributed by atoms with E-state index >= 15 is 0 Å². The van der Waals surface area contributed by atoms with Crippen LogP contribution in [0.15, 0.2) is 32.7 Å². The van der Waals surface area contributed by atoms with Crippen molar-refractivity contribution in [3.8, 4) is 0 Å². The van der Waals surface area contributed by atoms with Crippen molar-refractivity contribution in [3.63, 3.8) is 0 Å². The number of fused-ring (bicyclic) bond motifs is 1. The van der Waals surface area contributed by atoms with E-state index in [0.717, 1.165) is 35.3 Å². The van der Waals surface area contributed by atoms with E-state index < -0.39 is 11.4 Å². The normalized spacial score (nSPS) is 20.5. The first kappa shape index (κ1) is 10.8. The van der Waals surface area contributed by atoms with Crippen molar-refractivity contribution in [3.05, 3.63) is 29.3 Å². The quantitative estimate of drug-likeness (QED) is 0.818. The average Bonchev–Trinajstić information content (AvgIpc) is 2.27. The lowest BCUT2D eigenvalue weighted by Gasteiger charge is -2.38. The zero-order valence-electron chi connectivity index (χ0n) is 9.22. The van der Waals surface area contributed by atoms with Gasteiger partial charge in [-0.15, -0.1) is 4.52 Å². The molecule has 1 aliphatic carbocycles. The standard InChI is InChI=1S/C12H12N2O2S/c15-11(16)12(4-1-5-12)9-3-2-8-7-13-14-17-10(8)6-9/h2-3,6H,1,4-5,7H2,(H,15,16). The van der Waals surface area contributed by atoms with E-state index in [9.17, 15) is 9.90 Å². The number of hydrogen-bond acceptors (Lipinski definition) is 4. The first-order valence-corrected chi connectivity index (χ1v) is 6.40. The molecule has 4 nitrogen and oxygen atoms in total. The monoisotopic (exact) mass is 248 g/mol. The molecule has 1 fully saturated rings. The highest BCUT2D eigenvalue weighted by atomic mass is 32.2. The van der Waals surface area contributed by atoms with E-state index in [1.807, 2.05) is 18.2 Å². The lowest BCUT2D eigenvalue weighted by atomic mass is 9.64. The Morgan fingerprint density at radius 1 is 1.41 bits per heavy atom. The number of rotatable bonds is 2. The van der Waals surface area contributed by atoms with Crippen molar-refractivity contribution in [1.82, 2.24) is 0 Å². The molecule has 0 aromatic heterocycles. The smallest absolute Gasteiger partial charge is 0.314 e. The lowest BCUT2D eigenvalue weighted by Crippen LogP contribution is -2.42. The minimum absolute atomic E-state index is 0.600. The molecule has 1 aromatic carbocycles. The summed E-state index contributed by atoms with van der Waals surface area (Å²) in [5.41, 5.74) is 1.40. The van der Waals surface area contributed by atoms with Gasteiger partial charge in [0.1, 0.15) is 0 Å². The predicted octanol–water partition coefficient (Wildman–Crippen LogP) is 3.17. The van der Waals surface area contributed by atoms with E-state index in [2.05, 4.69) is 9.63 Å². The van der Waals surface area contributed by atoms with Crippen LogP contribution in [0.2, 0.25) is 0 Å². The molecule has 1 N–H and O–H groups in total. The van der Waals surface area contributed by atoms with Crippen molar-refractivity contribution in [2.75, 3.05) is 0 Å². The van der Waals surface area contributed by atoms with Gasteiger partial charge in [-0.3, -0.25) is 4.79 Å². The number of hydrogen-bond donors (Lipinski definition) is 1. The summed E-state index contributed by atoms with van der Waals surface area (Å²) in [5.74, 6) is -0.703. The molecular formula is C12H12N2O2S. The summed E-state index contributed by atoms with van der Waals surface area (Å²) >= 11 is 1.33. The lowest BCUT2D eigenvalue weighted by molar-refractivity contribution is -0.147. The minimum atomic E-state index is -0.703. The van der Waals surface area contributed by atoms with Crippen molar-refractivity contribution in [1.29, 1.82) is 0 Å². The van der Waals surface area contributed by atoms with Crippen LogP contribution in [0.1, 0.15) is 30.4 Å². The van der Waals surface area contributed by atoms with Crippen LogP contribution in [0.5, 0.6) is 0 Å². The highest BCUT2D eigenvalue weighted by Gasteiger charge is 2.46. The molecule has 0 bridgehead atoms. The molecule has 1 aliphatic heterocycles. The second kappa shape index (κ2) is 3.84. The Morgan fingerprint density at radius 3 is 2.88 bits per heavy atom. The van der Waals surface area contributed by atoms with Gasteiger partial charge in [-0.1, -0.05) is 18.6 Å². The van der Waals surface area contributed by atoms with E-state index in [0.29, 0.717) is 6.54 Å². The van der Waals surface area contributed by atoms with Gasteiger partial charge in [-0.2, -0.15) is 5.11 Å². The molecule has 0 spiro atoms. The number of carbonyl (C=O) groups is 1. The highest BCUT2D eigenvalue weighted by molar-refractivity contribution is 7.98. The largest absolute Gasteiger partial charge is 0.481 e. The Labute approximate surface area is 103 Å². The van der Waals surface area contributed by atoms with Crippen molar-refractivity contribution >= 4 is 17.9 Å². The third-order valence-electron chi connectivity index (χ3n) is 3.67. The fraction of sp³-hybridized carbons (Fsp3) is 0.417. The third-order valence-corrected chi connectivity index (χ3v) is 4.45. The van der Waals surface area contributed by atoms with E-state index in [1.165, 1.54) is 11.9 Å². The van der Waals surface area contributed by atoms with Crippen molar-refractivity contribution < 1.29 is 9.90 Å². The second-order valence-corrected chi connectivity index (χ2v) is 5.32. The van der Waals surface area contributed by atoms with Gasteiger partial charge >= 0.3 is 5.97 Å². The molecule has 5 heteroatoms. The van der Waals surface area contributed by atoms with Gasteiger partial charge in [0.05, 0.1) is 12.0 Å². The van der Waals surface area contributed by atoms with Crippen LogP contribution >= 0.6 is 11.9 Å². The maximum atomic E-state index is 11.4.